The van der Waals surface area contributed by atoms with E-state index in [1.165, 1.54) is 11.3 Å². The van der Waals surface area contributed by atoms with E-state index in [9.17, 15) is 16.8 Å². The number of unbranched alkanes of at least 4 members (excludes halogenated alkanes) is 1. The van der Waals surface area contributed by atoms with E-state index in [1.807, 2.05) is 32.1 Å². The van der Waals surface area contributed by atoms with Crippen molar-refractivity contribution in [1.29, 1.82) is 0 Å². The van der Waals surface area contributed by atoms with Crippen LogP contribution in [0.5, 0.6) is 5.19 Å². The zero-order valence-corrected chi connectivity index (χ0v) is 22.9. The van der Waals surface area contributed by atoms with Crippen LogP contribution in [0.15, 0.2) is 24.3 Å². The summed E-state index contributed by atoms with van der Waals surface area (Å²) >= 11 is 1.50. The number of rotatable bonds is 10. The van der Waals surface area contributed by atoms with Gasteiger partial charge in [-0.05, 0) is 55.4 Å². The molecule has 35 heavy (non-hydrogen) atoms. The lowest BCUT2D eigenvalue weighted by Crippen LogP contribution is -2.42. The molecule has 1 saturated heterocycles. The SMILES string of the molecule is CCCCS(=O)(=O)N1CCC(Oc2nc3ccc(C4=CCN(S(=O)(=O)CCC)CC4)cc3s2)CC1. The molecule has 3 heterocycles. The molecule has 1 aromatic carbocycles. The molecule has 8 nitrogen and oxygen atoms in total. The average Bonchev–Trinajstić information content (AvgIpc) is 3.24. The molecule has 0 aliphatic carbocycles. The Morgan fingerprint density at radius 3 is 2.40 bits per heavy atom. The first-order valence-corrected chi connectivity index (χ1v) is 16.5. The predicted octanol–water partition coefficient (Wildman–Crippen LogP) is 4.10. The van der Waals surface area contributed by atoms with Gasteiger partial charge in [0.25, 0.3) is 5.19 Å². The Labute approximate surface area is 213 Å². The Bertz CT molecular complexity index is 1260. The fourth-order valence-corrected chi connectivity index (χ4v) is 8.58. The number of ether oxygens (including phenoxy) is 1. The van der Waals surface area contributed by atoms with Crippen LogP contribution in [0.1, 0.15) is 57.9 Å². The van der Waals surface area contributed by atoms with E-state index in [-0.39, 0.29) is 17.6 Å². The summed E-state index contributed by atoms with van der Waals surface area (Å²) in [6.45, 7) is 5.79. The van der Waals surface area contributed by atoms with Crippen LogP contribution in [0.2, 0.25) is 0 Å². The summed E-state index contributed by atoms with van der Waals surface area (Å²) in [5, 5.41) is 0.610. The molecule has 2 aromatic rings. The standard InChI is InChI=1S/C24H35N3O5S3/c1-3-5-17-35(30,31)27-14-10-21(11-15-27)32-24-25-22-7-6-20(18-23(22)33-24)19-8-12-26(13-9-19)34(28,29)16-4-2/h6-8,18,21H,3-5,9-17H2,1-2H3. The summed E-state index contributed by atoms with van der Waals surface area (Å²) in [6.07, 6.45) is 6.18. The third kappa shape index (κ3) is 6.43. The summed E-state index contributed by atoms with van der Waals surface area (Å²) in [7, 11) is -6.34. The maximum absolute atomic E-state index is 12.4. The van der Waals surface area contributed by atoms with Crippen LogP contribution in [-0.4, -0.2) is 74.2 Å². The van der Waals surface area contributed by atoms with Gasteiger partial charge >= 0.3 is 0 Å². The van der Waals surface area contributed by atoms with Gasteiger partial charge in [-0.2, -0.15) is 4.31 Å². The van der Waals surface area contributed by atoms with Crippen LogP contribution < -0.4 is 4.74 Å². The molecule has 0 atom stereocenters. The Balaban J connectivity index is 1.37. The van der Waals surface area contributed by atoms with E-state index in [1.54, 1.807) is 8.61 Å². The van der Waals surface area contributed by atoms with Crippen molar-refractivity contribution in [2.24, 2.45) is 0 Å². The first kappa shape index (κ1) is 26.5. The van der Waals surface area contributed by atoms with Crippen molar-refractivity contribution in [3.8, 4) is 5.19 Å². The average molecular weight is 542 g/mol. The minimum atomic E-state index is -3.17. The highest BCUT2D eigenvalue weighted by Gasteiger charge is 2.29. The minimum absolute atomic E-state index is 0.0373. The van der Waals surface area contributed by atoms with Crippen molar-refractivity contribution in [2.75, 3.05) is 37.7 Å². The second-order valence-electron chi connectivity index (χ2n) is 9.20. The number of hydrogen-bond donors (Lipinski definition) is 0. The zero-order valence-electron chi connectivity index (χ0n) is 20.5. The normalized spacial score (nSPS) is 19.2. The van der Waals surface area contributed by atoms with Gasteiger partial charge in [-0.15, -0.1) is 0 Å². The molecule has 1 fully saturated rings. The number of piperidine rings is 1. The Kier molecular flexibility index (Phi) is 8.53. The van der Waals surface area contributed by atoms with E-state index >= 15 is 0 Å². The lowest BCUT2D eigenvalue weighted by Gasteiger charge is -2.30. The number of aromatic nitrogens is 1. The van der Waals surface area contributed by atoms with Gasteiger partial charge in [0.05, 0.1) is 21.7 Å². The Morgan fingerprint density at radius 1 is 1.00 bits per heavy atom. The van der Waals surface area contributed by atoms with Gasteiger partial charge in [0.1, 0.15) is 6.10 Å². The largest absolute Gasteiger partial charge is 0.467 e. The quantitative estimate of drug-likeness (QED) is 0.449. The van der Waals surface area contributed by atoms with Crippen LogP contribution in [0.4, 0.5) is 0 Å². The molecule has 0 amide bonds. The van der Waals surface area contributed by atoms with Gasteiger partial charge in [0.2, 0.25) is 20.0 Å². The Hall–Kier alpha value is -1.53. The molecule has 1 aromatic heterocycles. The number of benzene rings is 1. The molecular weight excluding hydrogens is 506 g/mol. The van der Waals surface area contributed by atoms with Crippen LogP contribution in [0.3, 0.4) is 0 Å². The van der Waals surface area contributed by atoms with Gasteiger partial charge in [0.15, 0.2) is 0 Å². The maximum atomic E-state index is 12.4. The maximum Gasteiger partial charge on any atom is 0.274 e. The zero-order chi connectivity index (χ0) is 25.1. The molecule has 0 unspecified atom stereocenters. The number of thiazole rings is 1. The first-order valence-electron chi connectivity index (χ1n) is 12.4. The molecule has 2 aliphatic rings. The van der Waals surface area contributed by atoms with Crippen LogP contribution in [-0.2, 0) is 20.0 Å². The number of fused-ring (bicyclic) bond motifs is 1. The van der Waals surface area contributed by atoms with E-state index in [0.717, 1.165) is 27.8 Å². The molecule has 0 N–H and O–H groups in total. The van der Waals surface area contributed by atoms with E-state index in [2.05, 4.69) is 11.1 Å². The summed E-state index contributed by atoms with van der Waals surface area (Å²) in [4.78, 5) is 4.62. The van der Waals surface area contributed by atoms with Gasteiger partial charge < -0.3 is 4.74 Å². The van der Waals surface area contributed by atoms with Crippen molar-refractivity contribution >= 4 is 47.2 Å². The van der Waals surface area contributed by atoms with E-state index in [4.69, 9.17) is 4.74 Å². The van der Waals surface area contributed by atoms with Crippen molar-refractivity contribution in [3.63, 3.8) is 0 Å². The molecule has 194 valence electrons. The fourth-order valence-electron chi connectivity index (χ4n) is 4.53. The van der Waals surface area contributed by atoms with Gasteiger partial charge in [0, 0.05) is 26.2 Å². The highest BCUT2D eigenvalue weighted by atomic mass is 32.2. The number of sulfonamides is 2. The number of nitrogens with zero attached hydrogens (tertiary/aromatic N) is 3. The van der Waals surface area contributed by atoms with Crippen molar-refractivity contribution in [2.45, 2.75) is 58.5 Å². The molecule has 0 bridgehead atoms. The second kappa shape index (κ2) is 11.2. The lowest BCUT2D eigenvalue weighted by atomic mass is 10.0. The van der Waals surface area contributed by atoms with Crippen molar-refractivity contribution in [3.05, 3.63) is 29.8 Å². The highest BCUT2D eigenvalue weighted by Crippen LogP contribution is 2.33. The molecule has 11 heteroatoms. The highest BCUT2D eigenvalue weighted by molar-refractivity contribution is 7.89. The third-order valence-electron chi connectivity index (χ3n) is 6.58. The van der Waals surface area contributed by atoms with Crippen LogP contribution in [0.25, 0.3) is 15.8 Å². The first-order chi connectivity index (χ1) is 16.7. The van der Waals surface area contributed by atoms with Gasteiger partial charge in [-0.1, -0.05) is 43.7 Å². The second-order valence-corrected chi connectivity index (χ2v) is 14.4. The van der Waals surface area contributed by atoms with Crippen LogP contribution >= 0.6 is 11.3 Å². The van der Waals surface area contributed by atoms with E-state index in [0.29, 0.717) is 63.5 Å². The predicted molar refractivity (Wildman–Crippen MR) is 142 cm³/mol. The molecule has 4 rings (SSSR count). The van der Waals surface area contributed by atoms with Crippen LogP contribution in [0, 0.1) is 0 Å². The smallest absolute Gasteiger partial charge is 0.274 e. The van der Waals surface area contributed by atoms with Crippen molar-refractivity contribution in [1.82, 2.24) is 13.6 Å². The minimum Gasteiger partial charge on any atom is -0.467 e. The molecule has 0 saturated carbocycles. The Morgan fingerprint density at radius 2 is 1.74 bits per heavy atom. The molecular formula is C24H35N3O5S3. The molecule has 0 radical (unpaired) electrons. The lowest BCUT2D eigenvalue weighted by molar-refractivity contribution is 0.135. The van der Waals surface area contributed by atoms with E-state index < -0.39 is 20.0 Å². The van der Waals surface area contributed by atoms with Gasteiger partial charge in [-0.25, -0.2) is 26.1 Å². The summed E-state index contributed by atoms with van der Waals surface area (Å²) < 4.78 is 59.8. The third-order valence-corrected chi connectivity index (χ3v) is 11.5. The monoisotopic (exact) mass is 541 g/mol. The molecule has 0 spiro atoms. The summed E-state index contributed by atoms with van der Waals surface area (Å²) in [5.41, 5.74) is 3.12. The number of hydrogen-bond acceptors (Lipinski definition) is 7. The summed E-state index contributed by atoms with van der Waals surface area (Å²) in [5.74, 6) is 0.414. The molecule has 2 aliphatic heterocycles. The topological polar surface area (TPSA) is 96.9 Å². The van der Waals surface area contributed by atoms with Crippen molar-refractivity contribution < 1.29 is 21.6 Å². The van der Waals surface area contributed by atoms with Gasteiger partial charge in [-0.3, -0.25) is 0 Å². The summed E-state index contributed by atoms with van der Waals surface area (Å²) in [6, 6.07) is 6.12. The fraction of sp³-hybridized carbons (Fsp3) is 0.625.